The van der Waals surface area contributed by atoms with E-state index in [1.165, 1.54) is 17.7 Å². The van der Waals surface area contributed by atoms with Crippen molar-refractivity contribution >= 4 is 5.69 Å². The number of nitrogens with one attached hydrogen (secondary N) is 1. The van der Waals surface area contributed by atoms with Gasteiger partial charge in [0.2, 0.25) is 0 Å². The minimum absolute atomic E-state index is 0.210. The van der Waals surface area contributed by atoms with E-state index in [0.717, 1.165) is 30.6 Å². The van der Waals surface area contributed by atoms with E-state index in [9.17, 15) is 4.39 Å². The molecule has 0 bridgehead atoms. The smallest absolute Gasteiger partial charge is 0.183 e. The highest BCUT2D eigenvalue weighted by atomic mass is 19.1. The van der Waals surface area contributed by atoms with Gasteiger partial charge in [-0.25, -0.2) is 4.39 Å². The SMILES string of the molecule is CCOC(OCC)c1ccc(CCCNc2ccc(F)cc2)cc1. The van der Waals surface area contributed by atoms with Crippen LogP contribution in [-0.4, -0.2) is 19.8 Å². The first-order chi connectivity index (χ1) is 11.7. The van der Waals surface area contributed by atoms with Crippen LogP contribution in [0.4, 0.5) is 10.1 Å². The summed E-state index contributed by atoms with van der Waals surface area (Å²) in [4.78, 5) is 0. The van der Waals surface area contributed by atoms with Gasteiger partial charge in [-0.3, -0.25) is 0 Å². The lowest BCUT2D eigenvalue weighted by atomic mass is 10.1. The highest BCUT2D eigenvalue weighted by molar-refractivity contribution is 5.42. The van der Waals surface area contributed by atoms with Crippen molar-refractivity contribution in [3.8, 4) is 0 Å². The van der Waals surface area contributed by atoms with E-state index in [4.69, 9.17) is 9.47 Å². The molecule has 0 saturated carbocycles. The molecule has 24 heavy (non-hydrogen) atoms. The third kappa shape index (κ3) is 5.95. The molecular formula is C20H26FNO2. The van der Waals surface area contributed by atoms with Crippen molar-refractivity contribution in [2.45, 2.75) is 33.0 Å². The van der Waals surface area contributed by atoms with Crippen LogP contribution in [0.15, 0.2) is 48.5 Å². The maximum Gasteiger partial charge on any atom is 0.183 e. The topological polar surface area (TPSA) is 30.5 Å². The molecule has 2 aromatic carbocycles. The van der Waals surface area contributed by atoms with E-state index in [2.05, 4.69) is 29.6 Å². The number of hydrogen-bond donors (Lipinski definition) is 1. The Kier molecular flexibility index (Phi) is 7.72. The third-order valence-corrected chi connectivity index (χ3v) is 3.70. The van der Waals surface area contributed by atoms with Crippen molar-refractivity contribution in [1.82, 2.24) is 0 Å². The number of hydrogen-bond acceptors (Lipinski definition) is 3. The van der Waals surface area contributed by atoms with E-state index >= 15 is 0 Å². The summed E-state index contributed by atoms with van der Waals surface area (Å²) in [5.74, 6) is -0.210. The molecule has 4 heteroatoms. The van der Waals surface area contributed by atoms with Gasteiger partial charge in [0.05, 0.1) is 0 Å². The van der Waals surface area contributed by atoms with E-state index in [0.29, 0.717) is 13.2 Å². The lowest BCUT2D eigenvalue weighted by molar-refractivity contribution is -0.140. The number of benzene rings is 2. The number of aryl methyl sites for hydroxylation is 1. The summed E-state index contributed by atoms with van der Waals surface area (Å²) in [6.07, 6.45) is 1.72. The van der Waals surface area contributed by atoms with Crippen LogP contribution in [0.1, 0.15) is 37.7 Å². The van der Waals surface area contributed by atoms with Gasteiger partial charge in [-0.2, -0.15) is 0 Å². The lowest BCUT2D eigenvalue weighted by Gasteiger charge is -2.17. The van der Waals surface area contributed by atoms with E-state index in [1.807, 2.05) is 13.8 Å². The van der Waals surface area contributed by atoms with Crippen molar-refractivity contribution in [1.29, 1.82) is 0 Å². The largest absolute Gasteiger partial charge is 0.385 e. The quantitative estimate of drug-likeness (QED) is 0.494. The Morgan fingerprint density at radius 2 is 1.54 bits per heavy atom. The van der Waals surface area contributed by atoms with Gasteiger partial charge >= 0.3 is 0 Å². The first-order valence-electron chi connectivity index (χ1n) is 8.54. The average Bonchev–Trinajstić information content (AvgIpc) is 2.61. The Morgan fingerprint density at radius 3 is 2.12 bits per heavy atom. The molecule has 0 aromatic heterocycles. The molecule has 0 saturated heterocycles. The zero-order valence-electron chi connectivity index (χ0n) is 14.4. The summed E-state index contributed by atoms with van der Waals surface area (Å²) in [7, 11) is 0. The summed E-state index contributed by atoms with van der Waals surface area (Å²) in [6.45, 7) is 6.04. The number of anilines is 1. The maximum atomic E-state index is 12.8. The van der Waals surface area contributed by atoms with Gasteiger partial charge in [-0.1, -0.05) is 24.3 Å². The molecule has 0 amide bonds. The fraction of sp³-hybridized carbons (Fsp3) is 0.400. The van der Waals surface area contributed by atoms with Crippen LogP contribution in [0.3, 0.4) is 0 Å². The summed E-state index contributed by atoms with van der Waals surface area (Å²) < 4.78 is 24.0. The minimum atomic E-state index is -0.283. The van der Waals surface area contributed by atoms with Gasteiger partial charge < -0.3 is 14.8 Å². The second-order valence-electron chi connectivity index (χ2n) is 5.52. The molecule has 1 N–H and O–H groups in total. The monoisotopic (exact) mass is 331 g/mol. The summed E-state index contributed by atoms with van der Waals surface area (Å²) in [5, 5.41) is 3.30. The zero-order valence-corrected chi connectivity index (χ0v) is 14.4. The Morgan fingerprint density at radius 1 is 0.917 bits per heavy atom. The van der Waals surface area contributed by atoms with Crippen LogP contribution < -0.4 is 5.32 Å². The first kappa shape index (κ1) is 18.4. The maximum absolute atomic E-state index is 12.8. The van der Waals surface area contributed by atoms with E-state index in [1.54, 1.807) is 12.1 Å². The molecular weight excluding hydrogens is 305 g/mol. The van der Waals surface area contributed by atoms with Crippen LogP contribution in [0.25, 0.3) is 0 Å². The predicted octanol–water partition coefficient (Wildman–Crippen LogP) is 4.94. The lowest BCUT2D eigenvalue weighted by Crippen LogP contribution is -2.09. The van der Waals surface area contributed by atoms with E-state index < -0.39 is 0 Å². The normalized spacial score (nSPS) is 11.0. The zero-order chi connectivity index (χ0) is 17.2. The molecule has 130 valence electrons. The molecule has 0 spiro atoms. The molecule has 3 nitrogen and oxygen atoms in total. The Hall–Kier alpha value is -1.91. The van der Waals surface area contributed by atoms with Crippen LogP contribution in [0, 0.1) is 5.82 Å². The number of rotatable bonds is 10. The van der Waals surface area contributed by atoms with Crippen molar-refractivity contribution in [2.75, 3.05) is 25.1 Å². The van der Waals surface area contributed by atoms with Crippen molar-refractivity contribution in [2.24, 2.45) is 0 Å². The van der Waals surface area contributed by atoms with Crippen LogP contribution in [0.2, 0.25) is 0 Å². The molecule has 0 fully saturated rings. The molecule has 0 heterocycles. The van der Waals surface area contributed by atoms with Gasteiger partial charge in [0.15, 0.2) is 6.29 Å². The van der Waals surface area contributed by atoms with Crippen LogP contribution >= 0.6 is 0 Å². The molecule has 0 radical (unpaired) electrons. The van der Waals surface area contributed by atoms with Crippen molar-refractivity contribution in [3.05, 3.63) is 65.5 Å². The molecule has 2 rings (SSSR count). The Balaban J connectivity index is 1.77. The summed E-state index contributed by atoms with van der Waals surface area (Å²) in [6, 6.07) is 14.8. The Bertz CT molecular complexity index is 578. The van der Waals surface area contributed by atoms with Crippen molar-refractivity contribution in [3.63, 3.8) is 0 Å². The van der Waals surface area contributed by atoms with Gasteiger partial charge in [0.1, 0.15) is 5.82 Å². The fourth-order valence-electron chi connectivity index (χ4n) is 2.48. The van der Waals surface area contributed by atoms with Gasteiger partial charge in [-0.15, -0.1) is 0 Å². The first-order valence-corrected chi connectivity index (χ1v) is 8.54. The van der Waals surface area contributed by atoms with Gasteiger partial charge in [-0.05, 0) is 56.5 Å². The van der Waals surface area contributed by atoms with E-state index in [-0.39, 0.29) is 12.1 Å². The number of ether oxygens (including phenoxy) is 2. The van der Waals surface area contributed by atoms with Gasteiger partial charge in [0.25, 0.3) is 0 Å². The summed E-state index contributed by atoms with van der Waals surface area (Å²) in [5.41, 5.74) is 3.28. The third-order valence-electron chi connectivity index (χ3n) is 3.70. The Labute approximate surface area is 143 Å². The van der Waals surface area contributed by atoms with Gasteiger partial charge in [0, 0.05) is 31.0 Å². The predicted molar refractivity (Wildman–Crippen MR) is 95.6 cm³/mol. The standard InChI is InChI=1S/C20H26FNO2/c1-3-23-20(24-4-2)17-9-7-16(8-10-17)6-5-15-22-19-13-11-18(21)12-14-19/h7-14,20,22H,3-6,15H2,1-2H3. The molecule has 0 aliphatic rings. The fourth-order valence-corrected chi connectivity index (χ4v) is 2.48. The number of halogens is 1. The molecule has 0 atom stereocenters. The molecule has 0 aliphatic carbocycles. The second-order valence-corrected chi connectivity index (χ2v) is 5.52. The highest BCUT2D eigenvalue weighted by Gasteiger charge is 2.10. The van der Waals surface area contributed by atoms with Crippen LogP contribution in [0.5, 0.6) is 0 Å². The second kappa shape index (κ2) is 10.1. The molecule has 0 unspecified atom stereocenters. The molecule has 0 aliphatic heterocycles. The van der Waals surface area contributed by atoms with Crippen LogP contribution in [-0.2, 0) is 15.9 Å². The summed E-state index contributed by atoms with van der Waals surface area (Å²) >= 11 is 0. The average molecular weight is 331 g/mol. The molecule has 2 aromatic rings. The van der Waals surface area contributed by atoms with Crippen molar-refractivity contribution < 1.29 is 13.9 Å². The highest BCUT2D eigenvalue weighted by Crippen LogP contribution is 2.20. The minimum Gasteiger partial charge on any atom is -0.385 e.